The summed E-state index contributed by atoms with van der Waals surface area (Å²) in [7, 11) is 0. The van der Waals surface area contributed by atoms with Crippen LogP contribution in [0, 0.1) is 6.92 Å². The van der Waals surface area contributed by atoms with Crippen LogP contribution in [0.15, 0.2) is 60.0 Å². The van der Waals surface area contributed by atoms with E-state index in [0.29, 0.717) is 5.69 Å². The predicted octanol–water partition coefficient (Wildman–Crippen LogP) is 4.26. The summed E-state index contributed by atoms with van der Waals surface area (Å²) in [6, 6.07) is 15.1. The number of aliphatic carboxylic acids is 1. The van der Waals surface area contributed by atoms with Gasteiger partial charge in [0, 0.05) is 17.4 Å². The first-order chi connectivity index (χ1) is 14.5. The first-order valence-electron chi connectivity index (χ1n) is 9.80. The van der Waals surface area contributed by atoms with Crippen LogP contribution < -0.4 is 5.32 Å². The number of hydrogen-bond donors (Lipinski definition) is 2. The fourth-order valence-corrected chi connectivity index (χ4v) is 4.42. The molecule has 1 aliphatic carbocycles. The smallest absolute Gasteiger partial charge is 0.326 e. The zero-order chi connectivity index (χ0) is 21.1. The second-order valence-corrected chi connectivity index (χ2v) is 8.30. The molecule has 30 heavy (non-hydrogen) atoms. The van der Waals surface area contributed by atoms with E-state index in [1.165, 1.54) is 22.5 Å². The lowest BCUT2D eigenvalue weighted by molar-refractivity contribution is -0.141. The normalized spacial score (nSPS) is 13.4. The molecule has 0 fully saturated rings. The molecule has 0 saturated heterocycles. The average molecular weight is 419 g/mol. The quantitative estimate of drug-likeness (QED) is 0.601. The van der Waals surface area contributed by atoms with Gasteiger partial charge in [0.25, 0.3) is 0 Å². The molecule has 152 valence electrons. The summed E-state index contributed by atoms with van der Waals surface area (Å²) in [6.45, 7) is 2.03. The molecule has 0 unspecified atom stereocenters. The largest absolute Gasteiger partial charge is 0.480 e. The minimum Gasteiger partial charge on any atom is -0.480 e. The summed E-state index contributed by atoms with van der Waals surface area (Å²) >= 11 is 1.48. The Hall–Kier alpha value is -3.25. The van der Waals surface area contributed by atoms with E-state index in [0.717, 1.165) is 28.1 Å². The van der Waals surface area contributed by atoms with Crippen molar-refractivity contribution in [1.82, 2.24) is 10.3 Å². The van der Waals surface area contributed by atoms with Crippen LogP contribution in [0.2, 0.25) is 0 Å². The van der Waals surface area contributed by atoms with Crippen molar-refractivity contribution in [3.05, 3.63) is 82.4 Å². The summed E-state index contributed by atoms with van der Waals surface area (Å²) in [5.74, 6) is -1.37. The lowest BCUT2D eigenvalue weighted by Crippen LogP contribution is -2.41. The van der Waals surface area contributed by atoms with Crippen molar-refractivity contribution >= 4 is 28.8 Å². The standard InChI is InChI=1S/C24H22N2O3S/c1-15-6-8-17(9-7-15)23-25-19(14-30-23)13-22(27)26-21(24(28)29)12-18-11-10-16-4-2-3-5-20(16)18/h2-9,11,14,21H,10,12-13H2,1H3,(H,26,27)(H,28,29)/t21-/m1/s1. The van der Waals surface area contributed by atoms with E-state index in [-0.39, 0.29) is 18.7 Å². The van der Waals surface area contributed by atoms with E-state index in [1.54, 1.807) is 0 Å². The summed E-state index contributed by atoms with van der Waals surface area (Å²) in [4.78, 5) is 28.8. The van der Waals surface area contributed by atoms with Crippen molar-refractivity contribution in [1.29, 1.82) is 0 Å². The molecule has 0 saturated carbocycles. The Morgan fingerprint density at radius 1 is 1.17 bits per heavy atom. The Bertz CT molecular complexity index is 1120. The van der Waals surface area contributed by atoms with Crippen LogP contribution in [0.3, 0.4) is 0 Å². The molecular formula is C24H22N2O3S. The number of carbonyl (C=O) groups is 2. The highest BCUT2D eigenvalue weighted by Crippen LogP contribution is 2.30. The number of rotatable bonds is 7. The van der Waals surface area contributed by atoms with Crippen LogP contribution in [0.1, 0.15) is 28.8 Å². The highest BCUT2D eigenvalue weighted by atomic mass is 32.1. The van der Waals surface area contributed by atoms with Gasteiger partial charge in [-0.25, -0.2) is 9.78 Å². The van der Waals surface area contributed by atoms with E-state index < -0.39 is 12.0 Å². The Labute approximate surface area is 179 Å². The van der Waals surface area contributed by atoms with Crippen molar-refractivity contribution in [2.45, 2.75) is 32.2 Å². The molecule has 1 aliphatic rings. The van der Waals surface area contributed by atoms with Gasteiger partial charge in [0.1, 0.15) is 11.0 Å². The first kappa shape index (κ1) is 20.0. The van der Waals surface area contributed by atoms with Gasteiger partial charge in [-0.15, -0.1) is 11.3 Å². The predicted molar refractivity (Wildman–Crippen MR) is 118 cm³/mol. The molecule has 6 heteroatoms. The minimum atomic E-state index is -1.03. The van der Waals surface area contributed by atoms with Gasteiger partial charge < -0.3 is 10.4 Å². The number of nitrogens with one attached hydrogen (secondary N) is 1. The molecule has 2 N–H and O–H groups in total. The number of hydrogen-bond acceptors (Lipinski definition) is 4. The zero-order valence-corrected chi connectivity index (χ0v) is 17.4. The molecule has 2 aromatic carbocycles. The van der Waals surface area contributed by atoms with Crippen LogP contribution in [-0.2, 0) is 22.4 Å². The van der Waals surface area contributed by atoms with E-state index in [4.69, 9.17) is 0 Å². The van der Waals surface area contributed by atoms with Gasteiger partial charge in [-0.2, -0.15) is 0 Å². The number of allylic oxidation sites excluding steroid dienone is 1. The maximum atomic E-state index is 12.5. The zero-order valence-electron chi connectivity index (χ0n) is 16.6. The second-order valence-electron chi connectivity index (χ2n) is 7.44. The van der Waals surface area contributed by atoms with E-state index in [9.17, 15) is 14.7 Å². The average Bonchev–Trinajstić information content (AvgIpc) is 3.35. The lowest BCUT2D eigenvalue weighted by atomic mass is 9.99. The molecular weight excluding hydrogens is 396 g/mol. The van der Waals surface area contributed by atoms with Crippen molar-refractivity contribution < 1.29 is 14.7 Å². The molecule has 3 aromatic rings. The highest BCUT2D eigenvalue weighted by Gasteiger charge is 2.25. The fourth-order valence-electron chi connectivity index (χ4n) is 3.59. The number of fused-ring (bicyclic) bond motifs is 1. The summed E-state index contributed by atoms with van der Waals surface area (Å²) in [5, 5.41) is 15.0. The molecule has 1 amide bonds. The van der Waals surface area contributed by atoms with Crippen molar-refractivity contribution in [2.24, 2.45) is 0 Å². The van der Waals surface area contributed by atoms with E-state index in [2.05, 4.69) is 10.3 Å². The van der Waals surface area contributed by atoms with Gasteiger partial charge in [0.05, 0.1) is 12.1 Å². The number of carboxylic acids is 1. The molecule has 1 heterocycles. The number of benzene rings is 2. The van der Waals surface area contributed by atoms with E-state index in [1.807, 2.05) is 66.9 Å². The molecule has 1 aromatic heterocycles. The van der Waals surface area contributed by atoms with E-state index >= 15 is 0 Å². The van der Waals surface area contributed by atoms with Gasteiger partial charge in [-0.1, -0.05) is 60.2 Å². The van der Waals surface area contributed by atoms with Gasteiger partial charge in [-0.05, 0) is 30.0 Å². The van der Waals surface area contributed by atoms with Crippen LogP contribution >= 0.6 is 11.3 Å². The number of carbonyl (C=O) groups excluding carboxylic acids is 1. The topological polar surface area (TPSA) is 79.3 Å². The first-order valence-corrected chi connectivity index (χ1v) is 10.7. The SMILES string of the molecule is Cc1ccc(-c2nc(CC(=O)N[C@H](CC3=CCc4ccccc43)C(=O)O)cs2)cc1. The number of aryl methyl sites for hydroxylation is 1. The fraction of sp³-hybridized carbons (Fsp3) is 0.208. The van der Waals surface area contributed by atoms with Crippen LogP contribution in [0.4, 0.5) is 0 Å². The third kappa shape index (κ3) is 4.49. The Morgan fingerprint density at radius 3 is 2.70 bits per heavy atom. The van der Waals surface area contributed by atoms with Crippen LogP contribution in [0.5, 0.6) is 0 Å². The highest BCUT2D eigenvalue weighted by molar-refractivity contribution is 7.13. The van der Waals surface area contributed by atoms with Gasteiger partial charge in [0.15, 0.2) is 0 Å². The third-order valence-corrected chi connectivity index (χ3v) is 6.12. The van der Waals surface area contributed by atoms with Crippen LogP contribution in [-0.4, -0.2) is 28.0 Å². The monoisotopic (exact) mass is 418 g/mol. The number of thiazole rings is 1. The Morgan fingerprint density at radius 2 is 1.93 bits per heavy atom. The summed E-state index contributed by atoms with van der Waals surface area (Å²) < 4.78 is 0. The van der Waals surface area contributed by atoms with Crippen molar-refractivity contribution in [3.63, 3.8) is 0 Å². The summed E-state index contributed by atoms with van der Waals surface area (Å²) in [6.07, 6.45) is 3.17. The van der Waals surface area contributed by atoms with Gasteiger partial charge in [0.2, 0.25) is 5.91 Å². The second kappa shape index (κ2) is 8.63. The van der Waals surface area contributed by atoms with Crippen molar-refractivity contribution in [3.8, 4) is 10.6 Å². The number of amides is 1. The summed E-state index contributed by atoms with van der Waals surface area (Å²) in [5.41, 5.74) is 6.05. The van der Waals surface area contributed by atoms with Crippen LogP contribution in [0.25, 0.3) is 16.1 Å². The number of aromatic nitrogens is 1. The maximum absolute atomic E-state index is 12.5. The number of nitrogens with zero attached hydrogens (tertiary/aromatic N) is 1. The minimum absolute atomic E-state index is 0.0573. The molecule has 0 bridgehead atoms. The molecule has 1 atom stereocenters. The Kier molecular flexibility index (Phi) is 5.77. The lowest BCUT2D eigenvalue weighted by Gasteiger charge is -2.16. The third-order valence-electron chi connectivity index (χ3n) is 5.18. The molecule has 0 radical (unpaired) electrons. The van der Waals surface area contributed by atoms with Gasteiger partial charge in [-0.3, -0.25) is 4.79 Å². The Balaban J connectivity index is 1.40. The molecule has 0 spiro atoms. The van der Waals surface area contributed by atoms with Gasteiger partial charge >= 0.3 is 5.97 Å². The number of carboxylic acid groups (broad SMARTS) is 1. The van der Waals surface area contributed by atoms with Crippen molar-refractivity contribution in [2.75, 3.05) is 0 Å². The molecule has 5 nitrogen and oxygen atoms in total. The molecule has 0 aliphatic heterocycles. The maximum Gasteiger partial charge on any atom is 0.326 e. The molecule has 4 rings (SSSR count).